The largest absolute Gasteiger partial charge is 0.366 e. The van der Waals surface area contributed by atoms with Crippen LogP contribution < -0.4 is 0 Å². The van der Waals surface area contributed by atoms with Crippen molar-refractivity contribution in [3.63, 3.8) is 0 Å². The topological polar surface area (TPSA) is 98.4 Å². The lowest BCUT2D eigenvalue weighted by Crippen LogP contribution is -2.42. The van der Waals surface area contributed by atoms with Crippen LogP contribution in [0.15, 0.2) is 58.2 Å². The second-order valence-corrected chi connectivity index (χ2v) is 8.25. The smallest absolute Gasteiger partial charge is 0.257 e. The Morgan fingerprint density at radius 3 is 2.89 bits per heavy atom. The molecule has 0 spiro atoms. The molecule has 0 radical (unpaired) electrons. The van der Waals surface area contributed by atoms with Crippen molar-refractivity contribution in [1.29, 1.82) is 0 Å². The van der Waals surface area contributed by atoms with Crippen molar-refractivity contribution in [1.82, 2.24) is 19.4 Å². The van der Waals surface area contributed by atoms with Crippen molar-refractivity contribution in [2.45, 2.75) is 11.0 Å². The quantitative estimate of drug-likeness (QED) is 0.656. The van der Waals surface area contributed by atoms with Gasteiger partial charge in [0.05, 0.1) is 11.5 Å². The van der Waals surface area contributed by atoms with Gasteiger partial charge < -0.3 is 9.26 Å². The minimum atomic E-state index is -3.70. The second-order valence-electron chi connectivity index (χ2n) is 5.88. The normalized spacial score (nSPS) is 18.5. The standard InChI is InChI=1S/C17H15ClN4O4S/c18-13-4-1-5-14(9-13)27(23,24)22-7-8-25-15(11-22)17-20-16(21-26-17)12-3-2-6-19-10-12/h1-6,9-10,15H,7-8,11H2/t15-/m1/s1. The Morgan fingerprint density at radius 2 is 2.11 bits per heavy atom. The maximum atomic E-state index is 12.9. The number of rotatable bonds is 4. The summed E-state index contributed by atoms with van der Waals surface area (Å²) in [6, 6.07) is 9.74. The van der Waals surface area contributed by atoms with Gasteiger partial charge in [-0.15, -0.1) is 0 Å². The fourth-order valence-electron chi connectivity index (χ4n) is 2.75. The molecule has 1 atom stereocenters. The molecule has 1 saturated heterocycles. The van der Waals surface area contributed by atoms with Gasteiger partial charge in [0, 0.05) is 36.1 Å². The molecule has 4 rings (SSSR count). The molecule has 3 heterocycles. The van der Waals surface area contributed by atoms with E-state index in [1.807, 2.05) is 0 Å². The first kappa shape index (κ1) is 18.1. The van der Waals surface area contributed by atoms with Crippen LogP contribution in [-0.4, -0.2) is 47.5 Å². The van der Waals surface area contributed by atoms with Crippen LogP contribution in [0.2, 0.25) is 5.02 Å². The highest BCUT2D eigenvalue weighted by atomic mass is 35.5. The van der Waals surface area contributed by atoms with E-state index in [1.54, 1.807) is 36.7 Å². The van der Waals surface area contributed by atoms with Gasteiger partial charge in [0.25, 0.3) is 5.89 Å². The average Bonchev–Trinajstić information content (AvgIpc) is 3.19. The van der Waals surface area contributed by atoms with Gasteiger partial charge in [0.2, 0.25) is 15.8 Å². The highest BCUT2D eigenvalue weighted by molar-refractivity contribution is 7.89. The summed E-state index contributed by atoms with van der Waals surface area (Å²) in [5.74, 6) is 0.594. The lowest BCUT2D eigenvalue weighted by atomic mass is 10.2. The van der Waals surface area contributed by atoms with Crippen molar-refractivity contribution in [3.8, 4) is 11.4 Å². The van der Waals surface area contributed by atoms with Crippen LogP contribution in [0, 0.1) is 0 Å². The number of aromatic nitrogens is 3. The average molecular weight is 407 g/mol. The van der Waals surface area contributed by atoms with Gasteiger partial charge >= 0.3 is 0 Å². The van der Waals surface area contributed by atoms with Crippen LogP contribution in [0.25, 0.3) is 11.4 Å². The summed E-state index contributed by atoms with van der Waals surface area (Å²) < 4.78 is 38.0. The van der Waals surface area contributed by atoms with Gasteiger partial charge in [-0.05, 0) is 30.3 Å². The van der Waals surface area contributed by atoms with E-state index in [4.69, 9.17) is 20.9 Å². The van der Waals surface area contributed by atoms with E-state index in [9.17, 15) is 8.42 Å². The van der Waals surface area contributed by atoms with Crippen LogP contribution in [-0.2, 0) is 14.8 Å². The number of benzene rings is 1. The Morgan fingerprint density at radius 1 is 1.22 bits per heavy atom. The summed E-state index contributed by atoms with van der Waals surface area (Å²) in [7, 11) is -3.70. The van der Waals surface area contributed by atoms with E-state index >= 15 is 0 Å². The zero-order valence-corrected chi connectivity index (χ0v) is 15.6. The molecule has 140 valence electrons. The summed E-state index contributed by atoms with van der Waals surface area (Å²) >= 11 is 5.93. The molecule has 0 N–H and O–H groups in total. The molecule has 1 fully saturated rings. The highest BCUT2D eigenvalue weighted by Gasteiger charge is 2.34. The fraction of sp³-hybridized carbons (Fsp3) is 0.235. The molecule has 0 amide bonds. The van der Waals surface area contributed by atoms with Crippen LogP contribution in [0.1, 0.15) is 12.0 Å². The molecule has 0 unspecified atom stereocenters. The third-order valence-corrected chi connectivity index (χ3v) is 6.20. The van der Waals surface area contributed by atoms with E-state index in [0.717, 1.165) is 0 Å². The number of hydrogen-bond acceptors (Lipinski definition) is 7. The number of sulfonamides is 1. The van der Waals surface area contributed by atoms with Gasteiger partial charge in [-0.2, -0.15) is 9.29 Å². The number of pyridine rings is 1. The predicted octanol–water partition coefficient (Wildman–Crippen LogP) is 2.55. The third kappa shape index (κ3) is 3.72. The molecular formula is C17H15ClN4O4S. The minimum absolute atomic E-state index is 0.0729. The van der Waals surface area contributed by atoms with Gasteiger partial charge in [0.1, 0.15) is 0 Å². The van der Waals surface area contributed by atoms with Crippen LogP contribution in [0.3, 0.4) is 0 Å². The maximum absolute atomic E-state index is 12.9. The van der Waals surface area contributed by atoms with Gasteiger partial charge in [-0.25, -0.2) is 8.42 Å². The molecule has 1 aliphatic heterocycles. The number of halogens is 1. The van der Waals surface area contributed by atoms with E-state index in [1.165, 1.54) is 16.4 Å². The van der Waals surface area contributed by atoms with Crippen molar-refractivity contribution in [2.75, 3.05) is 19.7 Å². The molecule has 8 nitrogen and oxygen atoms in total. The number of ether oxygens (including phenoxy) is 1. The summed E-state index contributed by atoms with van der Waals surface area (Å²) in [4.78, 5) is 8.48. The molecule has 2 aromatic heterocycles. The lowest BCUT2D eigenvalue weighted by Gasteiger charge is -2.30. The van der Waals surface area contributed by atoms with Crippen molar-refractivity contribution in [2.24, 2.45) is 0 Å². The predicted molar refractivity (Wildman–Crippen MR) is 96.4 cm³/mol. The summed E-state index contributed by atoms with van der Waals surface area (Å²) in [5.41, 5.74) is 0.701. The number of morpholine rings is 1. The molecule has 0 bridgehead atoms. The molecular weight excluding hydrogens is 392 g/mol. The van der Waals surface area contributed by atoms with E-state index in [-0.39, 0.29) is 30.5 Å². The van der Waals surface area contributed by atoms with Gasteiger partial charge in [-0.1, -0.05) is 22.8 Å². The molecule has 0 saturated carbocycles. The Labute approximate surface area is 160 Å². The summed E-state index contributed by atoms with van der Waals surface area (Å²) in [6.45, 7) is 0.521. The van der Waals surface area contributed by atoms with Crippen LogP contribution >= 0.6 is 11.6 Å². The first-order valence-electron chi connectivity index (χ1n) is 8.15. The minimum Gasteiger partial charge on any atom is -0.366 e. The monoisotopic (exact) mass is 406 g/mol. The Balaban J connectivity index is 1.56. The number of nitrogens with zero attached hydrogens (tertiary/aromatic N) is 4. The first-order valence-corrected chi connectivity index (χ1v) is 9.97. The molecule has 10 heteroatoms. The molecule has 27 heavy (non-hydrogen) atoms. The zero-order chi connectivity index (χ0) is 18.9. The lowest BCUT2D eigenvalue weighted by molar-refractivity contribution is -0.0199. The van der Waals surface area contributed by atoms with Gasteiger partial charge in [-0.3, -0.25) is 4.98 Å². The molecule has 3 aromatic rings. The summed E-state index contributed by atoms with van der Waals surface area (Å²) in [5, 5.41) is 4.29. The third-order valence-electron chi connectivity index (χ3n) is 4.10. The Hall–Kier alpha value is -2.33. The fourth-order valence-corrected chi connectivity index (χ4v) is 4.47. The second kappa shape index (κ2) is 7.35. The Kier molecular flexibility index (Phi) is 4.92. The maximum Gasteiger partial charge on any atom is 0.257 e. The Bertz CT molecular complexity index is 1040. The van der Waals surface area contributed by atoms with Crippen molar-refractivity contribution in [3.05, 3.63) is 59.7 Å². The zero-order valence-electron chi connectivity index (χ0n) is 14.0. The van der Waals surface area contributed by atoms with E-state index in [2.05, 4.69) is 15.1 Å². The first-order chi connectivity index (χ1) is 13.0. The van der Waals surface area contributed by atoms with Crippen LogP contribution in [0.4, 0.5) is 0 Å². The molecule has 0 aliphatic carbocycles. The summed E-state index contributed by atoms with van der Waals surface area (Å²) in [6.07, 6.45) is 2.62. The van der Waals surface area contributed by atoms with Gasteiger partial charge in [0.15, 0.2) is 6.10 Å². The van der Waals surface area contributed by atoms with E-state index < -0.39 is 16.1 Å². The highest BCUT2D eigenvalue weighted by Crippen LogP contribution is 2.27. The molecule has 1 aliphatic rings. The number of hydrogen-bond donors (Lipinski definition) is 0. The van der Waals surface area contributed by atoms with Crippen molar-refractivity contribution >= 4 is 21.6 Å². The van der Waals surface area contributed by atoms with E-state index in [0.29, 0.717) is 16.4 Å². The molecule has 1 aromatic carbocycles. The van der Waals surface area contributed by atoms with Crippen LogP contribution in [0.5, 0.6) is 0 Å². The van der Waals surface area contributed by atoms with Crippen molar-refractivity contribution < 1.29 is 17.7 Å². The SMILES string of the molecule is O=S(=O)(c1cccc(Cl)c1)N1CCO[C@@H](c2nc(-c3cccnc3)no2)C1.